The molecule has 292 valence electrons. The number of likely N-dealkylation sites (N-methyl/N-ethyl adjacent to an activating group) is 1. The lowest BCUT2D eigenvalue weighted by atomic mass is 10.1. The van der Waals surface area contributed by atoms with E-state index in [0.29, 0.717) is 36.8 Å². The quantitative estimate of drug-likeness (QED) is 0.195. The Hall–Kier alpha value is -5.00. The fourth-order valence-corrected chi connectivity index (χ4v) is 8.72. The summed E-state index contributed by atoms with van der Waals surface area (Å²) in [4.78, 5) is 84.4. The monoisotopic (exact) mass is 772 g/mol. The first kappa shape index (κ1) is 38.7. The van der Waals surface area contributed by atoms with Gasteiger partial charge in [0.05, 0.1) is 24.9 Å². The van der Waals surface area contributed by atoms with Crippen LogP contribution in [0.25, 0.3) is 0 Å². The number of carbonyl (C=O) groups excluding carboxylic acids is 6. The number of benzene rings is 1. The molecule has 1 aromatic rings. The number of carbonyl (C=O) groups is 6. The van der Waals surface area contributed by atoms with E-state index in [0.717, 1.165) is 28.7 Å². The van der Waals surface area contributed by atoms with Gasteiger partial charge in [-0.05, 0) is 62.7 Å². The molecule has 1 saturated heterocycles. The van der Waals surface area contributed by atoms with Gasteiger partial charge < -0.3 is 29.9 Å². The minimum absolute atomic E-state index is 0.0467. The highest BCUT2D eigenvalue weighted by Gasteiger charge is 2.62. The van der Waals surface area contributed by atoms with Crippen molar-refractivity contribution < 1.29 is 51.0 Å². The molecule has 0 spiro atoms. The Morgan fingerprint density at radius 3 is 2.41 bits per heavy atom. The van der Waals surface area contributed by atoms with Gasteiger partial charge in [0.25, 0.3) is 5.91 Å². The molecule has 2 heterocycles. The zero-order valence-corrected chi connectivity index (χ0v) is 30.8. The summed E-state index contributed by atoms with van der Waals surface area (Å²) in [6.45, 7) is 6.53. The van der Waals surface area contributed by atoms with Crippen LogP contribution in [-0.4, -0.2) is 114 Å². The van der Waals surface area contributed by atoms with Gasteiger partial charge in [0.2, 0.25) is 27.7 Å². The van der Waals surface area contributed by atoms with Gasteiger partial charge in [0.15, 0.2) is 0 Å². The number of hydrogen-bond acceptors (Lipinski definition) is 10. The summed E-state index contributed by atoms with van der Waals surface area (Å²) < 4.78 is 53.1. The van der Waals surface area contributed by atoms with Crippen LogP contribution in [0.2, 0.25) is 0 Å². The molecule has 1 unspecified atom stereocenters. The van der Waals surface area contributed by atoms with Crippen molar-refractivity contribution in [3.05, 3.63) is 60.5 Å². The van der Waals surface area contributed by atoms with Gasteiger partial charge in [-0.15, -0.1) is 6.58 Å². The Bertz CT molecular complexity index is 1850. The second-order valence-corrected chi connectivity index (χ2v) is 16.6. The lowest BCUT2D eigenvalue weighted by molar-refractivity contribution is -0.141. The predicted octanol–water partition coefficient (Wildman–Crippen LogP) is 1.60. The van der Waals surface area contributed by atoms with Crippen LogP contribution in [0.5, 0.6) is 0 Å². The van der Waals surface area contributed by atoms with Gasteiger partial charge in [-0.3, -0.25) is 28.8 Å². The number of amides is 6. The highest BCUT2D eigenvalue weighted by atomic mass is 32.2. The van der Waals surface area contributed by atoms with Crippen LogP contribution in [0.4, 0.5) is 14.0 Å². The van der Waals surface area contributed by atoms with Crippen molar-refractivity contribution in [1.29, 1.82) is 0 Å². The summed E-state index contributed by atoms with van der Waals surface area (Å²) in [6, 6.07) is 1.70. The molecule has 3 saturated carbocycles. The summed E-state index contributed by atoms with van der Waals surface area (Å²) in [5, 5.41) is 4.49. The number of nitrogens with zero attached hydrogens (tertiary/aromatic N) is 3. The molecule has 0 radical (unpaired) electrons. The van der Waals surface area contributed by atoms with Crippen LogP contribution in [0.15, 0.2) is 43.5 Å². The summed E-state index contributed by atoms with van der Waals surface area (Å²) in [5.74, 6) is -4.24. The molecule has 4 fully saturated rings. The van der Waals surface area contributed by atoms with Crippen LogP contribution < -0.4 is 15.4 Å². The first-order chi connectivity index (χ1) is 25.6. The van der Waals surface area contributed by atoms with E-state index >= 15 is 0 Å². The molecule has 0 aromatic heterocycles. The normalized spacial score (nSPS) is 25.2. The standard InChI is InChI=1S/C36H45FN6O10S/c1-4-22-16-36(22,33(47)40-54(50,51)25-13-14-25)39-31(45)29-15-24(53-35(49)42-17-21-9-8-12-27(37)26(21)19-42)18-43(29)32(46)28(20-41(3)30(44)5-2)38-34(48)52-23-10-6-7-11-23/h4-5,8-9,12,22-25,28-29H,1-2,6-7,10-11,13-20H2,3H3,(H,38,48)(H,39,45)(H,40,47)/t22-,24-,28+,29?,36-/m1/s1. The van der Waals surface area contributed by atoms with E-state index in [1.807, 2.05) is 0 Å². The van der Waals surface area contributed by atoms with Gasteiger partial charge in [0.1, 0.15) is 35.6 Å². The maximum absolute atomic E-state index is 14.4. The van der Waals surface area contributed by atoms with E-state index < -0.39 is 86.6 Å². The van der Waals surface area contributed by atoms with Gasteiger partial charge in [-0.25, -0.2) is 22.4 Å². The Balaban J connectivity index is 1.23. The van der Waals surface area contributed by atoms with E-state index in [1.165, 1.54) is 30.2 Å². The molecule has 16 nitrogen and oxygen atoms in total. The molecule has 5 aliphatic rings. The third kappa shape index (κ3) is 8.22. The maximum atomic E-state index is 14.4. The van der Waals surface area contributed by atoms with Crippen LogP contribution >= 0.6 is 0 Å². The number of halogens is 1. The van der Waals surface area contributed by atoms with Crippen molar-refractivity contribution in [1.82, 2.24) is 30.1 Å². The molecule has 0 bridgehead atoms. The number of nitrogens with one attached hydrogen (secondary N) is 3. The first-order valence-electron chi connectivity index (χ1n) is 18.0. The second-order valence-electron chi connectivity index (χ2n) is 14.6. The van der Waals surface area contributed by atoms with Crippen molar-refractivity contribution in [2.24, 2.45) is 5.92 Å². The van der Waals surface area contributed by atoms with E-state index in [4.69, 9.17) is 9.47 Å². The molecule has 6 amide bonds. The number of ether oxygens (including phenoxy) is 2. The third-order valence-corrected chi connectivity index (χ3v) is 12.5. The van der Waals surface area contributed by atoms with E-state index in [1.54, 1.807) is 6.07 Å². The Morgan fingerprint density at radius 2 is 1.78 bits per heavy atom. The third-order valence-electron chi connectivity index (χ3n) is 10.7. The molecular formula is C36H45FN6O10S. The zero-order valence-electron chi connectivity index (χ0n) is 30.0. The molecule has 2 aliphatic heterocycles. The van der Waals surface area contributed by atoms with Gasteiger partial charge in [-0.2, -0.15) is 0 Å². The molecule has 54 heavy (non-hydrogen) atoms. The van der Waals surface area contributed by atoms with Crippen LogP contribution in [0.1, 0.15) is 62.5 Å². The zero-order chi connectivity index (χ0) is 38.9. The van der Waals surface area contributed by atoms with Crippen molar-refractivity contribution in [3.63, 3.8) is 0 Å². The topological polar surface area (TPSA) is 201 Å². The molecule has 1 aromatic carbocycles. The van der Waals surface area contributed by atoms with Crippen molar-refractivity contribution >= 4 is 45.8 Å². The molecular weight excluding hydrogens is 727 g/mol. The number of alkyl carbamates (subject to hydrolysis) is 1. The minimum Gasteiger partial charge on any atom is -0.446 e. The van der Waals surface area contributed by atoms with Crippen LogP contribution in [0, 0.1) is 11.7 Å². The lowest BCUT2D eigenvalue weighted by Gasteiger charge is -2.31. The molecule has 18 heteroatoms. The van der Waals surface area contributed by atoms with Crippen molar-refractivity contribution in [3.8, 4) is 0 Å². The number of fused-ring (bicyclic) bond motifs is 1. The van der Waals surface area contributed by atoms with Gasteiger partial charge in [-0.1, -0.05) is 24.8 Å². The summed E-state index contributed by atoms with van der Waals surface area (Å²) in [6.07, 6.45) is 2.98. The average Bonchev–Trinajstić information content (AvgIpc) is 3.93. The number of hydrogen-bond donors (Lipinski definition) is 3. The lowest BCUT2D eigenvalue weighted by Crippen LogP contribution is -2.59. The number of rotatable bonds is 13. The Morgan fingerprint density at radius 1 is 1.06 bits per heavy atom. The highest BCUT2D eigenvalue weighted by Crippen LogP contribution is 2.45. The van der Waals surface area contributed by atoms with Crippen LogP contribution in [-0.2, 0) is 51.8 Å². The smallest absolute Gasteiger partial charge is 0.410 e. The SMILES string of the molecule is C=CC(=O)N(C)C[C@H](NC(=O)OC1CCCC1)C(=O)N1C[C@H](OC(=O)N2Cc3cccc(F)c3C2)CC1C(=O)N[C@]1(C(=O)NS(=O)(=O)C2CC2)C[C@H]1C=C. The van der Waals surface area contributed by atoms with E-state index in [2.05, 4.69) is 28.5 Å². The Labute approximate surface area is 312 Å². The largest absolute Gasteiger partial charge is 0.446 e. The maximum Gasteiger partial charge on any atom is 0.410 e. The number of likely N-dealkylation sites (tertiary alicyclic amines) is 1. The molecule has 5 atom stereocenters. The van der Waals surface area contributed by atoms with Crippen molar-refractivity contribution in [2.75, 3.05) is 20.1 Å². The summed E-state index contributed by atoms with van der Waals surface area (Å²) in [7, 11) is -2.58. The average molecular weight is 773 g/mol. The minimum atomic E-state index is -3.97. The second kappa shape index (κ2) is 15.4. The summed E-state index contributed by atoms with van der Waals surface area (Å²) in [5.41, 5.74) is -0.716. The van der Waals surface area contributed by atoms with Crippen molar-refractivity contribution in [2.45, 2.75) is 99.5 Å². The van der Waals surface area contributed by atoms with Gasteiger partial charge in [0, 0.05) is 31.5 Å². The number of sulfonamides is 1. The molecule has 3 N–H and O–H groups in total. The fourth-order valence-electron chi connectivity index (χ4n) is 7.36. The first-order valence-corrected chi connectivity index (χ1v) is 19.6. The van der Waals surface area contributed by atoms with Crippen LogP contribution in [0.3, 0.4) is 0 Å². The van der Waals surface area contributed by atoms with Gasteiger partial charge >= 0.3 is 12.2 Å². The fraction of sp³-hybridized carbons (Fsp3) is 0.556. The van der Waals surface area contributed by atoms with E-state index in [9.17, 15) is 41.6 Å². The molecule has 6 rings (SSSR count). The molecule has 3 aliphatic carbocycles. The highest BCUT2D eigenvalue weighted by molar-refractivity contribution is 7.91. The predicted molar refractivity (Wildman–Crippen MR) is 189 cm³/mol. The Kier molecular flexibility index (Phi) is 11.0. The van der Waals surface area contributed by atoms with E-state index in [-0.39, 0.29) is 45.1 Å². The summed E-state index contributed by atoms with van der Waals surface area (Å²) >= 11 is 0.